The maximum absolute atomic E-state index is 12.5. The van der Waals surface area contributed by atoms with Crippen LogP contribution in [0.5, 0.6) is 0 Å². The van der Waals surface area contributed by atoms with Gasteiger partial charge in [-0.15, -0.1) is 0 Å². The molecule has 1 amide bonds. The number of nitrogens with zero attached hydrogens (tertiary/aromatic N) is 1. The van der Waals surface area contributed by atoms with E-state index in [9.17, 15) is 4.79 Å². The Kier molecular flexibility index (Phi) is 6.34. The van der Waals surface area contributed by atoms with E-state index < -0.39 is 0 Å². The molecule has 1 unspecified atom stereocenters. The molecule has 3 heteroatoms. The van der Waals surface area contributed by atoms with Crippen LogP contribution in [0.1, 0.15) is 58.3 Å². The lowest BCUT2D eigenvalue weighted by Gasteiger charge is -2.34. The van der Waals surface area contributed by atoms with E-state index in [1.54, 1.807) is 0 Å². The van der Waals surface area contributed by atoms with Crippen LogP contribution in [-0.4, -0.2) is 37.5 Å². The molecule has 1 saturated heterocycles. The minimum Gasteiger partial charge on any atom is -0.342 e. The SMILES string of the molecule is CNCC1CCN(C(=O)C(C)CC2CCCCC2)CC1. The third kappa shape index (κ3) is 4.47. The maximum atomic E-state index is 12.5. The lowest BCUT2D eigenvalue weighted by molar-refractivity contribution is -0.137. The van der Waals surface area contributed by atoms with Gasteiger partial charge in [-0.2, -0.15) is 0 Å². The summed E-state index contributed by atoms with van der Waals surface area (Å²) in [5.41, 5.74) is 0. The first-order valence-electron chi connectivity index (χ1n) is 8.64. The number of rotatable bonds is 5. The molecule has 3 nitrogen and oxygen atoms in total. The van der Waals surface area contributed by atoms with Gasteiger partial charge < -0.3 is 10.2 Å². The van der Waals surface area contributed by atoms with E-state index in [4.69, 9.17) is 0 Å². The summed E-state index contributed by atoms with van der Waals surface area (Å²) in [7, 11) is 2.02. The minimum atomic E-state index is 0.235. The number of carbonyl (C=O) groups is 1. The van der Waals surface area contributed by atoms with Crippen LogP contribution in [0.2, 0.25) is 0 Å². The van der Waals surface area contributed by atoms with Gasteiger partial charge in [-0.05, 0) is 44.7 Å². The molecule has 0 aromatic heterocycles. The Balaban J connectivity index is 1.73. The van der Waals surface area contributed by atoms with Crippen LogP contribution in [-0.2, 0) is 4.79 Å². The topological polar surface area (TPSA) is 32.3 Å². The number of likely N-dealkylation sites (tertiary alicyclic amines) is 1. The first-order chi connectivity index (χ1) is 9.70. The Morgan fingerprint density at radius 1 is 1.10 bits per heavy atom. The van der Waals surface area contributed by atoms with Gasteiger partial charge in [0.1, 0.15) is 0 Å². The Bertz CT molecular complexity index is 291. The molecule has 1 heterocycles. The number of amides is 1. The number of piperidine rings is 1. The Hall–Kier alpha value is -0.570. The van der Waals surface area contributed by atoms with Crippen LogP contribution in [0.25, 0.3) is 0 Å². The van der Waals surface area contributed by atoms with Crippen LogP contribution in [0.15, 0.2) is 0 Å². The van der Waals surface area contributed by atoms with Gasteiger partial charge in [0, 0.05) is 19.0 Å². The summed E-state index contributed by atoms with van der Waals surface area (Å²) in [5, 5.41) is 3.25. The van der Waals surface area contributed by atoms with E-state index in [-0.39, 0.29) is 5.92 Å². The van der Waals surface area contributed by atoms with Gasteiger partial charge in [0.2, 0.25) is 5.91 Å². The smallest absolute Gasteiger partial charge is 0.225 e. The summed E-state index contributed by atoms with van der Waals surface area (Å²) in [4.78, 5) is 14.7. The molecule has 0 radical (unpaired) electrons. The van der Waals surface area contributed by atoms with Crippen molar-refractivity contribution in [1.29, 1.82) is 0 Å². The van der Waals surface area contributed by atoms with Crippen molar-refractivity contribution in [2.45, 2.75) is 58.3 Å². The quantitative estimate of drug-likeness (QED) is 0.839. The Labute approximate surface area is 124 Å². The van der Waals surface area contributed by atoms with Crippen LogP contribution < -0.4 is 5.32 Å². The van der Waals surface area contributed by atoms with Crippen molar-refractivity contribution < 1.29 is 4.79 Å². The van der Waals surface area contributed by atoms with Crippen molar-refractivity contribution in [2.75, 3.05) is 26.7 Å². The number of nitrogens with one attached hydrogen (secondary N) is 1. The van der Waals surface area contributed by atoms with E-state index in [1.165, 1.54) is 44.9 Å². The molecule has 116 valence electrons. The van der Waals surface area contributed by atoms with Crippen molar-refractivity contribution in [1.82, 2.24) is 10.2 Å². The molecule has 1 N–H and O–H groups in total. The summed E-state index contributed by atoms with van der Waals surface area (Å²) in [6, 6.07) is 0. The van der Waals surface area contributed by atoms with Gasteiger partial charge in [-0.1, -0.05) is 39.0 Å². The molecule has 0 spiro atoms. The highest BCUT2D eigenvalue weighted by Crippen LogP contribution is 2.30. The Morgan fingerprint density at radius 2 is 1.75 bits per heavy atom. The van der Waals surface area contributed by atoms with Gasteiger partial charge in [0.15, 0.2) is 0 Å². The van der Waals surface area contributed by atoms with Crippen molar-refractivity contribution >= 4 is 5.91 Å². The molecule has 1 aliphatic heterocycles. The summed E-state index contributed by atoms with van der Waals surface area (Å²) >= 11 is 0. The molecule has 2 rings (SSSR count). The van der Waals surface area contributed by atoms with Gasteiger partial charge in [0.25, 0.3) is 0 Å². The van der Waals surface area contributed by atoms with Crippen molar-refractivity contribution in [2.24, 2.45) is 17.8 Å². The molecule has 0 aromatic rings. The van der Waals surface area contributed by atoms with Crippen LogP contribution in [0.3, 0.4) is 0 Å². The van der Waals surface area contributed by atoms with Gasteiger partial charge in [0.05, 0.1) is 0 Å². The highest BCUT2D eigenvalue weighted by atomic mass is 16.2. The van der Waals surface area contributed by atoms with Crippen LogP contribution in [0.4, 0.5) is 0 Å². The molecular formula is C17H32N2O. The van der Waals surface area contributed by atoms with Crippen LogP contribution >= 0.6 is 0 Å². The lowest BCUT2D eigenvalue weighted by atomic mass is 9.82. The summed E-state index contributed by atoms with van der Waals surface area (Å²) in [6.07, 6.45) is 10.3. The third-order valence-corrected chi connectivity index (χ3v) is 5.25. The second kappa shape index (κ2) is 8.02. The molecule has 2 aliphatic rings. The third-order valence-electron chi connectivity index (χ3n) is 5.25. The van der Waals surface area contributed by atoms with E-state index in [0.717, 1.165) is 37.9 Å². The summed E-state index contributed by atoms with van der Waals surface area (Å²) in [5.74, 6) is 2.22. The monoisotopic (exact) mass is 280 g/mol. The van der Waals surface area contributed by atoms with Crippen molar-refractivity contribution in [3.63, 3.8) is 0 Å². The Morgan fingerprint density at radius 3 is 2.35 bits per heavy atom. The highest BCUT2D eigenvalue weighted by molar-refractivity contribution is 5.78. The van der Waals surface area contributed by atoms with E-state index >= 15 is 0 Å². The lowest BCUT2D eigenvalue weighted by Crippen LogP contribution is -2.43. The predicted molar refractivity (Wildman–Crippen MR) is 83.6 cm³/mol. The second-order valence-corrected chi connectivity index (χ2v) is 6.97. The normalized spacial score (nSPS) is 23.8. The van der Waals surface area contributed by atoms with Gasteiger partial charge >= 0.3 is 0 Å². The average molecular weight is 280 g/mol. The molecule has 1 saturated carbocycles. The van der Waals surface area contributed by atoms with Crippen molar-refractivity contribution in [3.05, 3.63) is 0 Å². The molecular weight excluding hydrogens is 248 g/mol. The van der Waals surface area contributed by atoms with E-state index in [1.807, 2.05) is 7.05 Å². The zero-order chi connectivity index (χ0) is 14.4. The number of hydrogen-bond donors (Lipinski definition) is 1. The zero-order valence-corrected chi connectivity index (χ0v) is 13.4. The van der Waals surface area contributed by atoms with Gasteiger partial charge in [-0.25, -0.2) is 0 Å². The number of carbonyl (C=O) groups excluding carboxylic acids is 1. The fourth-order valence-electron chi connectivity index (χ4n) is 3.98. The van der Waals surface area contributed by atoms with Gasteiger partial charge in [-0.3, -0.25) is 4.79 Å². The fourth-order valence-corrected chi connectivity index (χ4v) is 3.98. The maximum Gasteiger partial charge on any atom is 0.225 e. The number of hydrogen-bond acceptors (Lipinski definition) is 2. The summed E-state index contributed by atoms with van der Waals surface area (Å²) < 4.78 is 0. The summed E-state index contributed by atoms with van der Waals surface area (Å²) in [6.45, 7) is 5.19. The fraction of sp³-hybridized carbons (Fsp3) is 0.941. The minimum absolute atomic E-state index is 0.235. The molecule has 20 heavy (non-hydrogen) atoms. The largest absolute Gasteiger partial charge is 0.342 e. The predicted octanol–water partition coefficient (Wildman–Crippen LogP) is 3.05. The molecule has 1 atom stereocenters. The first-order valence-corrected chi connectivity index (χ1v) is 8.64. The average Bonchev–Trinajstić information content (AvgIpc) is 2.48. The van der Waals surface area contributed by atoms with E-state index in [2.05, 4.69) is 17.1 Å². The second-order valence-electron chi connectivity index (χ2n) is 6.97. The first kappa shape index (κ1) is 15.8. The zero-order valence-electron chi connectivity index (χ0n) is 13.4. The van der Waals surface area contributed by atoms with E-state index in [0.29, 0.717) is 5.91 Å². The van der Waals surface area contributed by atoms with Crippen LogP contribution in [0, 0.1) is 17.8 Å². The molecule has 2 fully saturated rings. The highest BCUT2D eigenvalue weighted by Gasteiger charge is 2.27. The molecule has 0 aromatic carbocycles. The standard InChI is InChI=1S/C17H32N2O/c1-14(12-15-6-4-3-5-7-15)17(20)19-10-8-16(9-11-19)13-18-2/h14-16,18H,3-13H2,1-2H3. The molecule has 1 aliphatic carbocycles. The van der Waals surface area contributed by atoms with Crippen molar-refractivity contribution in [3.8, 4) is 0 Å². The molecule has 0 bridgehead atoms.